The molecule has 0 unspecified atom stereocenters. The molecule has 2 aliphatic heterocycles. The number of methoxy groups -OCH3 is 1. The number of likely N-dealkylation sites (tertiary alicyclic amines) is 1. The smallest absolute Gasteiger partial charge is 0.257 e. The summed E-state index contributed by atoms with van der Waals surface area (Å²) in [6, 6.07) is 0. The van der Waals surface area contributed by atoms with Gasteiger partial charge in [0.1, 0.15) is 5.82 Å². The third-order valence-electron chi connectivity index (χ3n) is 5.01. The number of piperidine rings is 1. The van der Waals surface area contributed by atoms with Crippen LogP contribution in [0.3, 0.4) is 0 Å². The molecule has 2 aliphatic rings. The normalized spacial score (nSPS) is 22.2. The highest BCUT2D eigenvalue weighted by Crippen LogP contribution is 2.25. The van der Waals surface area contributed by atoms with Gasteiger partial charge in [-0.25, -0.2) is 9.97 Å². The number of amides is 1. The molecule has 2 saturated heterocycles. The maximum atomic E-state index is 12.6. The summed E-state index contributed by atoms with van der Waals surface area (Å²) in [5, 5.41) is 0. The van der Waals surface area contributed by atoms with Gasteiger partial charge in [0, 0.05) is 45.4 Å². The van der Waals surface area contributed by atoms with Gasteiger partial charge in [0.05, 0.1) is 31.1 Å². The molecule has 0 bridgehead atoms. The van der Waals surface area contributed by atoms with Crippen LogP contribution in [-0.4, -0.2) is 85.3 Å². The lowest BCUT2D eigenvalue weighted by molar-refractivity contribution is 0.0301. The van der Waals surface area contributed by atoms with Gasteiger partial charge < -0.3 is 19.3 Å². The lowest BCUT2D eigenvalue weighted by Gasteiger charge is -2.32. The summed E-state index contributed by atoms with van der Waals surface area (Å²) in [6.07, 6.45) is 3.95. The van der Waals surface area contributed by atoms with Crippen molar-refractivity contribution >= 4 is 5.91 Å². The second-order valence-corrected chi connectivity index (χ2v) is 6.76. The average Bonchev–Trinajstić information content (AvgIpc) is 2.66. The molecule has 0 radical (unpaired) electrons. The summed E-state index contributed by atoms with van der Waals surface area (Å²) in [5.74, 6) is 1.20. The number of morpholine rings is 1. The molecule has 1 amide bonds. The first-order valence-corrected chi connectivity index (χ1v) is 9.11. The number of nitrogens with zero attached hydrogens (tertiary/aromatic N) is 4. The predicted octanol–water partition coefficient (Wildman–Crippen LogP) is 1.08. The van der Waals surface area contributed by atoms with E-state index >= 15 is 0 Å². The molecule has 0 aliphatic carbocycles. The van der Waals surface area contributed by atoms with Crippen molar-refractivity contribution in [3.63, 3.8) is 0 Å². The minimum atomic E-state index is 0.0118. The Hall–Kier alpha value is -1.57. The Kier molecular flexibility index (Phi) is 6.34. The van der Waals surface area contributed by atoms with E-state index in [1.807, 2.05) is 11.8 Å². The van der Waals surface area contributed by atoms with E-state index < -0.39 is 0 Å². The van der Waals surface area contributed by atoms with Gasteiger partial charge in [0.25, 0.3) is 5.91 Å². The highest BCUT2D eigenvalue weighted by Gasteiger charge is 2.25. The van der Waals surface area contributed by atoms with E-state index in [2.05, 4.69) is 14.9 Å². The van der Waals surface area contributed by atoms with Gasteiger partial charge in [-0.3, -0.25) is 4.79 Å². The fourth-order valence-corrected chi connectivity index (χ4v) is 3.52. The fraction of sp³-hybridized carbons (Fsp3) is 0.722. The molecule has 3 heterocycles. The molecule has 25 heavy (non-hydrogen) atoms. The van der Waals surface area contributed by atoms with Crippen molar-refractivity contribution in [1.29, 1.82) is 0 Å². The molecule has 1 aromatic heterocycles. The van der Waals surface area contributed by atoms with Crippen LogP contribution in [0.15, 0.2) is 6.20 Å². The van der Waals surface area contributed by atoms with Gasteiger partial charge in [-0.2, -0.15) is 0 Å². The van der Waals surface area contributed by atoms with Crippen LogP contribution in [0, 0.1) is 6.92 Å². The number of hydrogen-bond acceptors (Lipinski definition) is 6. The van der Waals surface area contributed by atoms with E-state index in [0.717, 1.165) is 50.6 Å². The fourth-order valence-electron chi connectivity index (χ4n) is 3.52. The largest absolute Gasteiger partial charge is 0.383 e. The Balaban J connectivity index is 1.67. The van der Waals surface area contributed by atoms with Crippen LogP contribution in [0.2, 0.25) is 0 Å². The number of ether oxygens (including phenoxy) is 2. The first-order chi connectivity index (χ1) is 12.2. The quantitative estimate of drug-likeness (QED) is 0.793. The van der Waals surface area contributed by atoms with Crippen LogP contribution < -0.4 is 0 Å². The Bertz CT molecular complexity index is 590. The number of aromatic nitrogens is 2. The van der Waals surface area contributed by atoms with E-state index in [1.54, 1.807) is 13.3 Å². The lowest BCUT2D eigenvalue weighted by Crippen LogP contribution is -2.41. The van der Waals surface area contributed by atoms with E-state index in [-0.39, 0.29) is 5.91 Å². The summed E-state index contributed by atoms with van der Waals surface area (Å²) in [6.45, 7) is 8.13. The van der Waals surface area contributed by atoms with Gasteiger partial charge >= 0.3 is 0 Å². The Labute approximate surface area is 149 Å². The number of carbonyl (C=O) groups is 1. The molecule has 1 aromatic rings. The molecule has 2 fully saturated rings. The average molecular weight is 348 g/mol. The van der Waals surface area contributed by atoms with Crippen LogP contribution >= 0.6 is 0 Å². The topological polar surface area (TPSA) is 67.8 Å². The molecule has 138 valence electrons. The van der Waals surface area contributed by atoms with Gasteiger partial charge in [-0.05, 0) is 26.3 Å². The minimum Gasteiger partial charge on any atom is -0.383 e. The van der Waals surface area contributed by atoms with Gasteiger partial charge in [-0.15, -0.1) is 0 Å². The van der Waals surface area contributed by atoms with Crippen LogP contribution in [0.4, 0.5) is 0 Å². The molecule has 7 nitrogen and oxygen atoms in total. The third-order valence-corrected chi connectivity index (χ3v) is 5.01. The zero-order valence-electron chi connectivity index (χ0n) is 15.2. The molecule has 0 aromatic carbocycles. The van der Waals surface area contributed by atoms with Crippen LogP contribution in [0.5, 0.6) is 0 Å². The van der Waals surface area contributed by atoms with Crippen molar-refractivity contribution in [1.82, 2.24) is 19.8 Å². The highest BCUT2D eigenvalue weighted by molar-refractivity contribution is 5.95. The van der Waals surface area contributed by atoms with E-state index in [1.165, 1.54) is 0 Å². The first-order valence-electron chi connectivity index (χ1n) is 9.11. The SMILES string of the molecule is COCCN1CCC[C@H](c2ncc(C(=O)N3CCOCC3)c(C)n2)C1. The zero-order valence-corrected chi connectivity index (χ0v) is 15.2. The van der Waals surface area contributed by atoms with Crippen molar-refractivity contribution in [2.24, 2.45) is 0 Å². The zero-order chi connectivity index (χ0) is 17.6. The summed E-state index contributed by atoms with van der Waals surface area (Å²) >= 11 is 0. The molecular formula is C18H28N4O3. The number of rotatable bonds is 5. The summed E-state index contributed by atoms with van der Waals surface area (Å²) in [4.78, 5) is 26.1. The Morgan fingerprint density at radius 3 is 2.88 bits per heavy atom. The molecule has 0 spiro atoms. The van der Waals surface area contributed by atoms with Crippen LogP contribution in [-0.2, 0) is 9.47 Å². The maximum absolute atomic E-state index is 12.6. The summed E-state index contributed by atoms with van der Waals surface area (Å²) in [7, 11) is 1.73. The standard InChI is InChI=1S/C18H28N4O3/c1-14-16(18(23)22-7-10-25-11-8-22)12-19-17(20-14)15-4-3-5-21(13-15)6-9-24-2/h12,15H,3-11,13H2,1-2H3/t15-/m0/s1. The number of carbonyl (C=O) groups excluding carboxylic acids is 1. The molecule has 7 heteroatoms. The molecular weight excluding hydrogens is 320 g/mol. The number of aryl methyl sites for hydroxylation is 1. The molecule has 3 rings (SSSR count). The summed E-state index contributed by atoms with van der Waals surface area (Å²) < 4.78 is 10.5. The minimum absolute atomic E-state index is 0.0118. The predicted molar refractivity (Wildman–Crippen MR) is 93.8 cm³/mol. The molecule has 0 saturated carbocycles. The van der Waals surface area contributed by atoms with Crippen molar-refractivity contribution in [3.05, 3.63) is 23.3 Å². The van der Waals surface area contributed by atoms with Gasteiger partial charge in [0.2, 0.25) is 0 Å². The van der Waals surface area contributed by atoms with Crippen molar-refractivity contribution in [2.75, 3.05) is 59.7 Å². The van der Waals surface area contributed by atoms with E-state index in [9.17, 15) is 4.79 Å². The molecule has 0 N–H and O–H groups in total. The second kappa shape index (κ2) is 8.69. The lowest BCUT2D eigenvalue weighted by atomic mass is 9.97. The Morgan fingerprint density at radius 1 is 1.36 bits per heavy atom. The monoisotopic (exact) mass is 348 g/mol. The van der Waals surface area contributed by atoms with Gasteiger partial charge in [-0.1, -0.05) is 0 Å². The van der Waals surface area contributed by atoms with Crippen LogP contribution in [0.1, 0.15) is 40.6 Å². The Morgan fingerprint density at radius 2 is 2.16 bits per heavy atom. The van der Waals surface area contributed by atoms with Crippen molar-refractivity contribution in [3.8, 4) is 0 Å². The van der Waals surface area contributed by atoms with E-state index in [4.69, 9.17) is 9.47 Å². The highest BCUT2D eigenvalue weighted by atomic mass is 16.5. The van der Waals surface area contributed by atoms with Crippen molar-refractivity contribution in [2.45, 2.75) is 25.7 Å². The second-order valence-electron chi connectivity index (χ2n) is 6.76. The number of hydrogen-bond donors (Lipinski definition) is 0. The van der Waals surface area contributed by atoms with Crippen molar-refractivity contribution < 1.29 is 14.3 Å². The maximum Gasteiger partial charge on any atom is 0.257 e. The first kappa shape index (κ1) is 18.2. The van der Waals surface area contributed by atoms with E-state index in [0.29, 0.717) is 37.8 Å². The molecule has 1 atom stereocenters. The summed E-state index contributed by atoms with van der Waals surface area (Å²) in [5.41, 5.74) is 1.38. The van der Waals surface area contributed by atoms with Gasteiger partial charge in [0.15, 0.2) is 0 Å². The third kappa shape index (κ3) is 4.54. The van der Waals surface area contributed by atoms with Crippen LogP contribution in [0.25, 0.3) is 0 Å².